The number of amides is 2. The van der Waals surface area contributed by atoms with Crippen LogP contribution in [0.3, 0.4) is 0 Å². The fourth-order valence-corrected chi connectivity index (χ4v) is 5.52. The molecule has 3 aromatic carbocycles. The van der Waals surface area contributed by atoms with Crippen LogP contribution in [0, 0.1) is 5.92 Å². The molecule has 2 heterocycles. The van der Waals surface area contributed by atoms with E-state index in [0.717, 1.165) is 18.6 Å². The Bertz CT molecular complexity index is 1350. The highest BCUT2D eigenvalue weighted by Crippen LogP contribution is 2.37. The molecule has 2 fully saturated rings. The van der Waals surface area contributed by atoms with Crippen LogP contribution >= 0.6 is 0 Å². The van der Waals surface area contributed by atoms with E-state index in [1.165, 1.54) is 26.4 Å². The maximum atomic E-state index is 13.5. The van der Waals surface area contributed by atoms with Crippen molar-refractivity contribution in [3.05, 3.63) is 83.4 Å². The number of alkyl halides is 3. The molecule has 2 atom stereocenters. The smallest absolute Gasteiger partial charge is 0.416 e. The topological polar surface area (TPSA) is 68.3 Å². The summed E-state index contributed by atoms with van der Waals surface area (Å²) in [7, 11) is 3.05. The van der Waals surface area contributed by atoms with Gasteiger partial charge in [-0.2, -0.15) is 13.2 Å². The minimum Gasteiger partial charge on any atom is -0.496 e. The molecule has 10 heteroatoms. The highest BCUT2D eigenvalue weighted by atomic mass is 19.4. The van der Waals surface area contributed by atoms with Crippen LogP contribution in [0.1, 0.15) is 39.1 Å². The lowest BCUT2D eigenvalue weighted by Crippen LogP contribution is -2.49. The van der Waals surface area contributed by atoms with E-state index in [4.69, 9.17) is 14.2 Å². The zero-order valence-corrected chi connectivity index (χ0v) is 22.1. The Balaban J connectivity index is 1.21. The first-order valence-electron chi connectivity index (χ1n) is 13.0. The van der Waals surface area contributed by atoms with Gasteiger partial charge in [0, 0.05) is 31.2 Å². The maximum absolute atomic E-state index is 13.5. The van der Waals surface area contributed by atoms with Gasteiger partial charge < -0.3 is 24.0 Å². The van der Waals surface area contributed by atoms with Crippen molar-refractivity contribution >= 4 is 11.8 Å². The highest BCUT2D eigenvalue weighted by Gasteiger charge is 2.43. The van der Waals surface area contributed by atoms with Gasteiger partial charge in [-0.15, -0.1) is 0 Å². The van der Waals surface area contributed by atoms with Crippen LogP contribution in [0.25, 0.3) is 0 Å². The third kappa shape index (κ3) is 5.43. The van der Waals surface area contributed by atoms with Gasteiger partial charge in [0.2, 0.25) is 0 Å². The minimum atomic E-state index is -4.41. The molecule has 210 valence electrons. The summed E-state index contributed by atoms with van der Waals surface area (Å²) < 4.78 is 54.8. The number of nitrogens with zero attached hydrogens (tertiary/aromatic N) is 2. The van der Waals surface area contributed by atoms with E-state index in [1.54, 1.807) is 42.5 Å². The third-order valence-corrected chi connectivity index (χ3v) is 7.54. The van der Waals surface area contributed by atoms with Gasteiger partial charge in [-0.3, -0.25) is 9.59 Å². The van der Waals surface area contributed by atoms with Crippen LogP contribution in [0.4, 0.5) is 13.2 Å². The summed E-state index contributed by atoms with van der Waals surface area (Å²) in [6, 6.07) is 16.2. The normalized spacial score (nSPS) is 18.7. The van der Waals surface area contributed by atoms with Crippen molar-refractivity contribution in [1.29, 1.82) is 0 Å². The summed E-state index contributed by atoms with van der Waals surface area (Å²) in [5.41, 5.74) is 0.145. The van der Waals surface area contributed by atoms with Crippen molar-refractivity contribution in [2.45, 2.75) is 25.1 Å². The van der Waals surface area contributed by atoms with Gasteiger partial charge in [0.05, 0.1) is 19.8 Å². The minimum absolute atomic E-state index is 0.0191. The molecule has 7 nitrogen and oxygen atoms in total. The van der Waals surface area contributed by atoms with Crippen LogP contribution in [-0.2, 0) is 6.18 Å². The fraction of sp³-hybridized carbons (Fsp3) is 0.333. The molecule has 0 aliphatic carbocycles. The largest absolute Gasteiger partial charge is 0.496 e. The van der Waals surface area contributed by atoms with Crippen molar-refractivity contribution < 1.29 is 37.0 Å². The number of carbonyl (C=O) groups excluding carboxylic acids is 2. The Morgan fingerprint density at radius 3 is 1.98 bits per heavy atom. The van der Waals surface area contributed by atoms with Gasteiger partial charge in [-0.1, -0.05) is 6.07 Å². The number of rotatable bonds is 6. The number of carbonyl (C=O) groups is 2. The number of piperidine rings is 1. The van der Waals surface area contributed by atoms with E-state index in [1.807, 2.05) is 9.80 Å². The van der Waals surface area contributed by atoms with Crippen molar-refractivity contribution in [1.82, 2.24) is 9.80 Å². The quantitative estimate of drug-likeness (QED) is 0.380. The number of methoxy groups -OCH3 is 2. The Morgan fingerprint density at radius 1 is 0.800 bits per heavy atom. The molecule has 0 radical (unpaired) electrons. The maximum Gasteiger partial charge on any atom is 0.416 e. The van der Waals surface area contributed by atoms with Crippen LogP contribution in [-0.4, -0.2) is 61.5 Å². The molecule has 2 aliphatic rings. The van der Waals surface area contributed by atoms with E-state index in [9.17, 15) is 22.8 Å². The number of halogens is 3. The number of hydrogen-bond donors (Lipinski definition) is 0. The number of benzene rings is 3. The van der Waals surface area contributed by atoms with E-state index in [0.29, 0.717) is 54.4 Å². The fourth-order valence-electron chi connectivity index (χ4n) is 5.52. The van der Waals surface area contributed by atoms with E-state index < -0.39 is 11.7 Å². The summed E-state index contributed by atoms with van der Waals surface area (Å²) in [5, 5.41) is 0. The van der Waals surface area contributed by atoms with Gasteiger partial charge >= 0.3 is 6.18 Å². The van der Waals surface area contributed by atoms with Crippen LogP contribution < -0.4 is 14.2 Å². The first-order valence-corrected chi connectivity index (χ1v) is 13.0. The molecular weight excluding hydrogens is 525 g/mol. The van der Waals surface area contributed by atoms with Gasteiger partial charge in [0.1, 0.15) is 28.6 Å². The Kier molecular flexibility index (Phi) is 7.60. The lowest BCUT2D eigenvalue weighted by atomic mass is 9.92. The van der Waals surface area contributed by atoms with Crippen molar-refractivity contribution in [2.75, 3.05) is 33.9 Å². The van der Waals surface area contributed by atoms with Crippen molar-refractivity contribution in [3.8, 4) is 23.0 Å². The van der Waals surface area contributed by atoms with E-state index >= 15 is 0 Å². The van der Waals surface area contributed by atoms with E-state index in [2.05, 4.69) is 0 Å². The number of likely N-dealkylation sites (tertiary alicyclic amines) is 2. The molecule has 0 N–H and O–H groups in total. The Labute approximate surface area is 230 Å². The van der Waals surface area contributed by atoms with Crippen LogP contribution in [0.2, 0.25) is 0 Å². The monoisotopic (exact) mass is 554 g/mol. The SMILES string of the molecule is COc1cccc(OC)c1C(=O)N1CC[C@H]2CN(C(=O)c3ccc(Oc4ccc(C(F)(F)F)cc4)cc3)CC[C@@H]21. The molecular formula is C30H29F3N2O5. The molecule has 2 saturated heterocycles. The summed E-state index contributed by atoms with van der Waals surface area (Å²) in [6.45, 7) is 1.64. The average Bonchev–Trinajstić information content (AvgIpc) is 3.39. The van der Waals surface area contributed by atoms with Gasteiger partial charge in [0.25, 0.3) is 11.8 Å². The molecule has 0 spiro atoms. The highest BCUT2D eigenvalue weighted by molar-refractivity contribution is 6.00. The van der Waals surface area contributed by atoms with Crippen molar-refractivity contribution in [3.63, 3.8) is 0 Å². The first kappa shape index (κ1) is 27.4. The average molecular weight is 555 g/mol. The summed E-state index contributed by atoms with van der Waals surface area (Å²) in [6.07, 6.45) is -2.96. The first-order chi connectivity index (χ1) is 19.2. The predicted octanol–water partition coefficient (Wildman–Crippen LogP) is 5.89. The molecule has 0 saturated carbocycles. The third-order valence-electron chi connectivity index (χ3n) is 7.54. The molecule has 2 amide bonds. The zero-order chi connectivity index (χ0) is 28.4. The Hall–Kier alpha value is -4.21. The molecule has 0 aromatic heterocycles. The van der Waals surface area contributed by atoms with Crippen molar-refractivity contribution in [2.24, 2.45) is 5.92 Å². The lowest BCUT2D eigenvalue weighted by Gasteiger charge is -2.38. The number of ether oxygens (including phenoxy) is 3. The summed E-state index contributed by atoms with van der Waals surface area (Å²) >= 11 is 0. The van der Waals surface area contributed by atoms with Crippen LogP contribution in [0.15, 0.2) is 66.7 Å². The zero-order valence-electron chi connectivity index (χ0n) is 22.1. The standard InChI is InChI=1S/C30H29F3N2O5/c1-38-25-4-3-5-26(39-2)27(25)29(37)35-17-14-20-18-34(16-15-24(20)35)28(36)19-6-10-22(11-7-19)40-23-12-8-21(9-13-23)30(31,32)33/h3-13,20,24H,14-18H2,1-2H3/t20-,24-/m0/s1. The molecule has 0 unspecified atom stereocenters. The second kappa shape index (κ2) is 11.1. The molecule has 5 rings (SSSR count). The number of fused-ring (bicyclic) bond motifs is 1. The number of hydrogen-bond acceptors (Lipinski definition) is 5. The van der Waals surface area contributed by atoms with Crippen LogP contribution in [0.5, 0.6) is 23.0 Å². The summed E-state index contributed by atoms with van der Waals surface area (Å²) in [4.78, 5) is 30.5. The summed E-state index contributed by atoms with van der Waals surface area (Å²) in [5.74, 6) is 1.51. The predicted molar refractivity (Wildman–Crippen MR) is 141 cm³/mol. The van der Waals surface area contributed by atoms with Gasteiger partial charge in [0.15, 0.2) is 0 Å². The lowest BCUT2D eigenvalue weighted by molar-refractivity contribution is -0.137. The second-order valence-electron chi connectivity index (χ2n) is 9.84. The van der Waals surface area contributed by atoms with Gasteiger partial charge in [-0.05, 0) is 79.4 Å². The van der Waals surface area contributed by atoms with Gasteiger partial charge in [-0.25, -0.2) is 0 Å². The molecule has 2 aliphatic heterocycles. The Morgan fingerprint density at radius 2 is 1.40 bits per heavy atom. The second-order valence-corrected chi connectivity index (χ2v) is 9.84. The van der Waals surface area contributed by atoms with E-state index in [-0.39, 0.29) is 29.5 Å². The molecule has 40 heavy (non-hydrogen) atoms. The molecule has 3 aromatic rings. The molecule has 0 bridgehead atoms.